The Morgan fingerprint density at radius 2 is 1.89 bits per heavy atom. The lowest BCUT2D eigenvalue weighted by atomic mass is 9.47. The topological polar surface area (TPSA) is 52.6 Å². The van der Waals surface area contributed by atoms with E-state index in [1.54, 1.807) is 5.01 Å². The number of hydrogen-bond acceptors (Lipinski definition) is 3. The molecule has 4 atom stereocenters. The molecule has 102 valence electrons. The average molecular weight is 252 g/mol. The molecular weight excluding hydrogens is 228 g/mol. The molecule has 4 rings (SSSR count). The number of aliphatic hydroxyl groups is 1. The fourth-order valence-corrected chi connectivity index (χ4v) is 5.24. The minimum absolute atomic E-state index is 0.0823. The minimum atomic E-state index is -0.456. The highest BCUT2D eigenvalue weighted by molar-refractivity contribution is 5.76. The van der Waals surface area contributed by atoms with E-state index in [9.17, 15) is 9.90 Å². The Bertz CT molecular complexity index is 353. The zero-order valence-corrected chi connectivity index (χ0v) is 11.4. The molecule has 18 heavy (non-hydrogen) atoms. The maximum atomic E-state index is 12.0. The number of carbonyl (C=O) groups excluding carboxylic acids is 1. The number of amides is 1. The molecule has 0 aromatic carbocycles. The van der Waals surface area contributed by atoms with Crippen molar-refractivity contribution in [1.82, 2.24) is 10.4 Å². The molecule has 0 saturated heterocycles. The van der Waals surface area contributed by atoms with Crippen LogP contribution >= 0.6 is 0 Å². The third-order valence-corrected chi connectivity index (χ3v) is 5.04. The zero-order chi connectivity index (χ0) is 13.0. The molecule has 0 aromatic heterocycles. The van der Waals surface area contributed by atoms with Crippen molar-refractivity contribution in [2.75, 3.05) is 14.1 Å². The van der Waals surface area contributed by atoms with Crippen LogP contribution in [0.2, 0.25) is 0 Å². The second-order valence-corrected chi connectivity index (χ2v) is 7.29. The molecule has 4 aliphatic rings. The largest absolute Gasteiger partial charge is 0.390 e. The van der Waals surface area contributed by atoms with E-state index in [0.717, 1.165) is 32.1 Å². The Labute approximate surface area is 109 Å². The molecule has 0 aliphatic heterocycles. The zero-order valence-electron chi connectivity index (χ0n) is 11.4. The van der Waals surface area contributed by atoms with Crippen molar-refractivity contribution in [3.05, 3.63) is 0 Å². The summed E-state index contributed by atoms with van der Waals surface area (Å²) < 4.78 is 0. The van der Waals surface area contributed by atoms with Gasteiger partial charge in [-0.1, -0.05) is 0 Å². The monoisotopic (exact) mass is 252 g/mol. The van der Waals surface area contributed by atoms with Crippen molar-refractivity contribution in [2.45, 2.75) is 50.5 Å². The van der Waals surface area contributed by atoms with Gasteiger partial charge in [-0.05, 0) is 55.8 Å². The molecule has 0 radical (unpaired) electrons. The molecule has 4 fully saturated rings. The summed E-state index contributed by atoms with van der Waals surface area (Å²) in [5.41, 5.74) is 2.47. The smallest absolute Gasteiger partial charge is 0.234 e. The molecule has 2 unspecified atom stereocenters. The van der Waals surface area contributed by atoms with Crippen LogP contribution in [-0.2, 0) is 4.79 Å². The van der Waals surface area contributed by atoms with Gasteiger partial charge in [0.05, 0.1) is 5.60 Å². The molecule has 0 heterocycles. The highest BCUT2D eigenvalue weighted by atomic mass is 16.3. The lowest BCUT2D eigenvalue weighted by Gasteiger charge is -2.60. The van der Waals surface area contributed by atoms with Crippen molar-refractivity contribution in [2.24, 2.45) is 17.3 Å². The van der Waals surface area contributed by atoms with Crippen molar-refractivity contribution in [1.29, 1.82) is 0 Å². The summed E-state index contributed by atoms with van der Waals surface area (Å²) in [6.07, 6.45) is 6.94. The summed E-state index contributed by atoms with van der Waals surface area (Å²) in [5, 5.41) is 12.3. The lowest BCUT2D eigenvalue weighted by molar-refractivity contribution is -0.170. The fraction of sp³-hybridized carbons (Fsp3) is 0.929. The van der Waals surface area contributed by atoms with Gasteiger partial charge in [0.25, 0.3) is 0 Å². The van der Waals surface area contributed by atoms with E-state index >= 15 is 0 Å². The predicted octanol–water partition coefficient (Wildman–Crippen LogP) is 1.30. The Hall–Kier alpha value is -0.610. The van der Waals surface area contributed by atoms with Crippen LogP contribution in [0.5, 0.6) is 0 Å². The standard InChI is InChI=1S/C14H24N2O2/c1-16(2)15-12(17)8-13-4-10-3-11(5-13)7-14(18,6-10)9-13/h10-11,18H,3-9H2,1-2H3,(H,15,17)/t10-,11+,13?,14?. The number of rotatable bonds is 3. The van der Waals surface area contributed by atoms with Crippen LogP contribution in [0.3, 0.4) is 0 Å². The normalized spacial score (nSPS) is 45.6. The fourth-order valence-electron chi connectivity index (χ4n) is 5.24. The van der Waals surface area contributed by atoms with Gasteiger partial charge in [0.2, 0.25) is 5.91 Å². The van der Waals surface area contributed by atoms with Gasteiger partial charge in [-0.3, -0.25) is 10.2 Å². The minimum Gasteiger partial charge on any atom is -0.390 e. The van der Waals surface area contributed by atoms with E-state index in [1.807, 2.05) is 14.1 Å². The van der Waals surface area contributed by atoms with Crippen LogP contribution < -0.4 is 5.43 Å². The second kappa shape index (κ2) is 3.94. The summed E-state index contributed by atoms with van der Waals surface area (Å²) in [6.45, 7) is 0. The van der Waals surface area contributed by atoms with Crippen molar-refractivity contribution in [3.8, 4) is 0 Å². The second-order valence-electron chi connectivity index (χ2n) is 7.29. The van der Waals surface area contributed by atoms with Crippen molar-refractivity contribution in [3.63, 3.8) is 0 Å². The van der Waals surface area contributed by atoms with Crippen LogP contribution in [0.25, 0.3) is 0 Å². The van der Waals surface area contributed by atoms with E-state index in [0.29, 0.717) is 18.3 Å². The molecule has 4 aliphatic carbocycles. The van der Waals surface area contributed by atoms with Gasteiger partial charge in [0.1, 0.15) is 0 Å². The first-order valence-corrected chi connectivity index (χ1v) is 7.07. The third-order valence-electron chi connectivity index (χ3n) is 5.04. The summed E-state index contributed by atoms with van der Waals surface area (Å²) >= 11 is 0. The number of nitrogens with zero attached hydrogens (tertiary/aromatic N) is 1. The SMILES string of the molecule is CN(C)NC(=O)CC12C[C@@H]3C[C@@H](CC(O)(C3)C1)C2. The quantitative estimate of drug-likeness (QED) is 0.744. The number of hydrazine groups is 1. The molecule has 1 amide bonds. The molecule has 4 nitrogen and oxygen atoms in total. The first-order chi connectivity index (χ1) is 8.38. The molecular formula is C14H24N2O2. The molecule has 4 saturated carbocycles. The van der Waals surface area contributed by atoms with Gasteiger partial charge in [-0.15, -0.1) is 0 Å². The van der Waals surface area contributed by atoms with Crippen LogP contribution in [0.4, 0.5) is 0 Å². The molecule has 0 spiro atoms. The maximum Gasteiger partial charge on any atom is 0.234 e. The molecule has 4 heteroatoms. The van der Waals surface area contributed by atoms with Gasteiger partial charge in [0, 0.05) is 20.5 Å². The van der Waals surface area contributed by atoms with E-state index in [1.165, 1.54) is 6.42 Å². The van der Waals surface area contributed by atoms with E-state index in [-0.39, 0.29) is 11.3 Å². The van der Waals surface area contributed by atoms with Gasteiger partial charge in [-0.25, -0.2) is 5.01 Å². The summed E-state index contributed by atoms with van der Waals surface area (Å²) in [4.78, 5) is 12.0. The Morgan fingerprint density at radius 1 is 1.28 bits per heavy atom. The van der Waals surface area contributed by atoms with Crippen LogP contribution in [0, 0.1) is 17.3 Å². The molecule has 2 N–H and O–H groups in total. The first kappa shape index (κ1) is 12.4. The predicted molar refractivity (Wildman–Crippen MR) is 68.5 cm³/mol. The van der Waals surface area contributed by atoms with Gasteiger partial charge in [0.15, 0.2) is 0 Å². The van der Waals surface area contributed by atoms with Crippen LogP contribution in [-0.4, -0.2) is 35.7 Å². The highest BCUT2D eigenvalue weighted by Crippen LogP contribution is 2.62. The number of nitrogens with one attached hydrogen (secondary N) is 1. The first-order valence-electron chi connectivity index (χ1n) is 7.07. The summed E-state index contributed by atoms with van der Waals surface area (Å²) in [5.74, 6) is 1.41. The van der Waals surface area contributed by atoms with Crippen LogP contribution in [0.1, 0.15) is 44.9 Å². The number of hydrogen-bond donors (Lipinski definition) is 2. The Balaban J connectivity index is 1.73. The molecule has 0 aromatic rings. The lowest BCUT2D eigenvalue weighted by Crippen LogP contribution is -2.56. The number of carbonyl (C=O) groups is 1. The van der Waals surface area contributed by atoms with Crippen molar-refractivity contribution < 1.29 is 9.90 Å². The third kappa shape index (κ3) is 2.16. The van der Waals surface area contributed by atoms with E-state index < -0.39 is 5.60 Å². The van der Waals surface area contributed by atoms with Crippen molar-refractivity contribution >= 4 is 5.91 Å². The average Bonchev–Trinajstić information content (AvgIpc) is 2.08. The van der Waals surface area contributed by atoms with Crippen LogP contribution in [0.15, 0.2) is 0 Å². The Kier molecular flexibility index (Phi) is 2.72. The van der Waals surface area contributed by atoms with E-state index in [4.69, 9.17) is 0 Å². The highest BCUT2D eigenvalue weighted by Gasteiger charge is 2.57. The van der Waals surface area contributed by atoms with Gasteiger partial charge in [-0.2, -0.15) is 0 Å². The van der Waals surface area contributed by atoms with Gasteiger partial charge < -0.3 is 5.11 Å². The maximum absolute atomic E-state index is 12.0. The molecule has 4 bridgehead atoms. The Morgan fingerprint density at radius 3 is 2.39 bits per heavy atom. The van der Waals surface area contributed by atoms with Gasteiger partial charge >= 0.3 is 0 Å². The van der Waals surface area contributed by atoms with E-state index in [2.05, 4.69) is 5.43 Å². The summed E-state index contributed by atoms with van der Waals surface area (Å²) in [7, 11) is 3.68. The summed E-state index contributed by atoms with van der Waals surface area (Å²) in [6, 6.07) is 0.